The molecule has 2 N–H and O–H groups in total. The number of hydrogen-bond donors (Lipinski definition) is 1. The highest BCUT2D eigenvalue weighted by Gasteiger charge is 2.21. The van der Waals surface area contributed by atoms with Crippen molar-refractivity contribution in [3.63, 3.8) is 0 Å². The second-order valence-electron chi connectivity index (χ2n) is 5.25. The van der Waals surface area contributed by atoms with Gasteiger partial charge in [-0.2, -0.15) is 0 Å². The van der Waals surface area contributed by atoms with Crippen LogP contribution in [0.3, 0.4) is 0 Å². The Morgan fingerprint density at radius 1 is 1.00 bits per heavy atom. The predicted molar refractivity (Wildman–Crippen MR) is 69.7 cm³/mol. The third kappa shape index (κ3) is 2.46. The highest BCUT2D eigenvalue weighted by Crippen LogP contribution is 2.31. The maximum atomic E-state index is 6.30. The lowest BCUT2D eigenvalue weighted by Gasteiger charge is -2.22. The molecule has 88 valence electrons. The summed E-state index contributed by atoms with van der Waals surface area (Å²) in [5.41, 5.74) is 10.5. The quantitative estimate of drug-likeness (QED) is 0.713. The summed E-state index contributed by atoms with van der Waals surface area (Å²) in [6, 6.07) is 7.22. The Labute approximate surface area is 99.0 Å². The van der Waals surface area contributed by atoms with Crippen LogP contribution in [-0.2, 0) is 0 Å². The Balaban J connectivity index is 2.23. The number of benzene rings is 1. The van der Waals surface area contributed by atoms with Crippen LogP contribution in [0, 0.1) is 13.8 Å². The summed E-state index contributed by atoms with van der Waals surface area (Å²) in [5, 5.41) is 0. The van der Waals surface area contributed by atoms with Gasteiger partial charge in [0.2, 0.25) is 0 Å². The van der Waals surface area contributed by atoms with Crippen molar-refractivity contribution in [1.82, 2.24) is 0 Å². The van der Waals surface area contributed by atoms with E-state index in [1.54, 1.807) is 0 Å². The molecule has 0 spiro atoms. The molecule has 0 heterocycles. The fourth-order valence-electron chi connectivity index (χ4n) is 2.75. The van der Waals surface area contributed by atoms with Crippen LogP contribution >= 0.6 is 0 Å². The molecule has 0 amide bonds. The molecule has 1 aliphatic rings. The molecule has 1 saturated carbocycles. The Kier molecular flexibility index (Phi) is 3.65. The van der Waals surface area contributed by atoms with Gasteiger partial charge in [0.1, 0.15) is 0 Å². The summed E-state index contributed by atoms with van der Waals surface area (Å²) in [4.78, 5) is 0. The molecule has 16 heavy (non-hydrogen) atoms. The van der Waals surface area contributed by atoms with Crippen molar-refractivity contribution >= 4 is 0 Å². The third-order valence-corrected chi connectivity index (χ3v) is 4.03. The van der Waals surface area contributed by atoms with Gasteiger partial charge in [-0.05, 0) is 49.3 Å². The normalized spacial score (nSPS) is 26.4. The molecule has 2 unspecified atom stereocenters. The number of hydrogen-bond acceptors (Lipinski definition) is 1. The second-order valence-corrected chi connectivity index (χ2v) is 5.25. The Hall–Kier alpha value is -0.820. The molecule has 2 atom stereocenters. The minimum Gasteiger partial charge on any atom is -0.327 e. The first kappa shape index (κ1) is 11.7. The highest BCUT2D eigenvalue weighted by molar-refractivity contribution is 5.32. The minimum atomic E-state index is 0.365. The van der Waals surface area contributed by atoms with Gasteiger partial charge in [0.15, 0.2) is 0 Å². The third-order valence-electron chi connectivity index (χ3n) is 4.03. The smallest absolute Gasteiger partial charge is 0.0108 e. The standard InChI is InChI=1S/C15H23N/c1-11-8-9-13(10-12(11)2)14-6-4-3-5-7-15(14)16/h8-10,14-15H,3-7,16H2,1-2H3. The fourth-order valence-corrected chi connectivity index (χ4v) is 2.75. The van der Waals surface area contributed by atoms with E-state index in [4.69, 9.17) is 5.73 Å². The molecule has 1 heteroatoms. The number of nitrogens with two attached hydrogens (primary N) is 1. The lowest BCUT2D eigenvalue weighted by Crippen LogP contribution is -2.27. The fraction of sp³-hybridized carbons (Fsp3) is 0.600. The van der Waals surface area contributed by atoms with Gasteiger partial charge in [0, 0.05) is 6.04 Å². The number of rotatable bonds is 1. The summed E-state index contributed by atoms with van der Waals surface area (Å²) in [6.07, 6.45) is 6.46. The minimum absolute atomic E-state index is 0.365. The van der Waals surface area contributed by atoms with Crippen molar-refractivity contribution in [2.45, 2.75) is 57.9 Å². The van der Waals surface area contributed by atoms with E-state index in [1.165, 1.54) is 48.8 Å². The van der Waals surface area contributed by atoms with Crippen LogP contribution in [0.5, 0.6) is 0 Å². The zero-order valence-corrected chi connectivity index (χ0v) is 10.5. The second kappa shape index (κ2) is 5.01. The van der Waals surface area contributed by atoms with Crippen LogP contribution < -0.4 is 5.73 Å². The molecule has 0 aliphatic heterocycles. The molecule has 0 aromatic heterocycles. The van der Waals surface area contributed by atoms with Gasteiger partial charge >= 0.3 is 0 Å². The Morgan fingerprint density at radius 3 is 2.50 bits per heavy atom. The van der Waals surface area contributed by atoms with Gasteiger partial charge in [-0.25, -0.2) is 0 Å². The van der Waals surface area contributed by atoms with Crippen molar-refractivity contribution < 1.29 is 0 Å². The summed E-state index contributed by atoms with van der Waals surface area (Å²) >= 11 is 0. The molecule has 2 rings (SSSR count). The zero-order chi connectivity index (χ0) is 11.5. The largest absolute Gasteiger partial charge is 0.327 e. The Morgan fingerprint density at radius 2 is 1.75 bits per heavy atom. The molecule has 1 fully saturated rings. The van der Waals surface area contributed by atoms with Crippen molar-refractivity contribution in [3.05, 3.63) is 34.9 Å². The van der Waals surface area contributed by atoms with Crippen LogP contribution in [0.25, 0.3) is 0 Å². The van der Waals surface area contributed by atoms with Crippen LogP contribution in [-0.4, -0.2) is 6.04 Å². The number of aryl methyl sites for hydroxylation is 2. The first-order chi connectivity index (χ1) is 7.68. The summed E-state index contributed by atoms with van der Waals surface area (Å²) in [5.74, 6) is 0.585. The van der Waals surface area contributed by atoms with Gasteiger partial charge in [0.05, 0.1) is 0 Å². The molecular weight excluding hydrogens is 194 g/mol. The van der Waals surface area contributed by atoms with Gasteiger partial charge in [0.25, 0.3) is 0 Å². The molecule has 1 aliphatic carbocycles. The molecule has 1 nitrogen and oxygen atoms in total. The highest BCUT2D eigenvalue weighted by atomic mass is 14.7. The topological polar surface area (TPSA) is 26.0 Å². The van der Waals surface area contributed by atoms with Crippen molar-refractivity contribution in [3.8, 4) is 0 Å². The van der Waals surface area contributed by atoms with Crippen molar-refractivity contribution in [1.29, 1.82) is 0 Å². The van der Waals surface area contributed by atoms with Gasteiger partial charge in [-0.15, -0.1) is 0 Å². The average molecular weight is 217 g/mol. The summed E-state index contributed by atoms with van der Waals surface area (Å²) in [7, 11) is 0. The maximum absolute atomic E-state index is 6.30. The van der Waals surface area contributed by atoms with E-state index in [2.05, 4.69) is 32.0 Å². The lowest BCUT2D eigenvalue weighted by atomic mass is 9.87. The first-order valence-corrected chi connectivity index (χ1v) is 6.51. The monoisotopic (exact) mass is 217 g/mol. The van der Waals surface area contributed by atoms with E-state index in [0.717, 1.165) is 0 Å². The maximum Gasteiger partial charge on any atom is 0.0108 e. The zero-order valence-electron chi connectivity index (χ0n) is 10.5. The van der Waals surface area contributed by atoms with Crippen LogP contribution in [0.1, 0.15) is 54.7 Å². The van der Waals surface area contributed by atoms with Gasteiger partial charge < -0.3 is 5.73 Å². The van der Waals surface area contributed by atoms with E-state index in [0.29, 0.717) is 12.0 Å². The predicted octanol–water partition coefficient (Wildman–Crippen LogP) is 3.68. The van der Waals surface area contributed by atoms with E-state index >= 15 is 0 Å². The summed E-state index contributed by atoms with van der Waals surface area (Å²) < 4.78 is 0. The molecule has 0 saturated heterocycles. The van der Waals surface area contributed by atoms with Gasteiger partial charge in [-0.3, -0.25) is 0 Å². The van der Waals surface area contributed by atoms with E-state index in [-0.39, 0.29) is 0 Å². The van der Waals surface area contributed by atoms with Crippen LogP contribution in [0.2, 0.25) is 0 Å². The molecule has 0 bridgehead atoms. The molecular formula is C15H23N. The SMILES string of the molecule is Cc1ccc(C2CCCCCC2N)cc1C. The Bertz CT molecular complexity index is 356. The molecule has 1 aromatic rings. The van der Waals surface area contributed by atoms with E-state index in [9.17, 15) is 0 Å². The lowest BCUT2D eigenvalue weighted by molar-refractivity contribution is 0.505. The van der Waals surface area contributed by atoms with Crippen molar-refractivity contribution in [2.75, 3.05) is 0 Å². The van der Waals surface area contributed by atoms with E-state index in [1.807, 2.05) is 0 Å². The van der Waals surface area contributed by atoms with Crippen molar-refractivity contribution in [2.24, 2.45) is 5.73 Å². The molecule has 0 radical (unpaired) electrons. The van der Waals surface area contributed by atoms with Crippen LogP contribution in [0.15, 0.2) is 18.2 Å². The summed E-state index contributed by atoms with van der Waals surface area (Å²) in [6.45, 7) is 4.37. The van der Waals surface area contributed by atoms with Crippen LogP contribution in [0.4, 0.5) is 0 Å². The van der Waals surface area contributed by atoms with Gasteiger partial charge in [-0.1, -0.05) is 37.5 Å². The average Bonchev–Trinajstić information content (AvgIpc) is 2.47. The molecule has 1 aromatic carbocycles. The first-order valence-electron chi connectivity index (χ1n) is 6.51. The van der Waals surface area contributed by atoms with E-state index < -0.39 is 0 Å².